The highest BCUT2D eigenvalue weighted by Crippen LogP contribution is 2.23. The summed E-state index contributed by atoms with van der Waals surface area (Å²) in [5.41, 5.74) is 9.72. The summed E-state index contributed by atoms with van der Waals surface area (Å²) >= 11 is 0. The molecule has 0 aliphatic rings. The van der Waals surface area contributed by atoms with Gasteiger partial charge in [-0.25, -0.2) is 4.98 Å². The predicted molar refractivity (Wildman–Crippen MR) is 66.9 cm³/mol. The predicted octanol–water partition coefficient (Wildman–Crippen LogP) is 1.78. The Hall–Kier alpha value is -2.17. The van der Waals surface area contributed by atoms with Crippen molar-refractivity contribution in [1.82, 2.24) is 19.6 Å². The fourth-order valence-electron chi connectivity index (χ4n) is 2.26. The number of rotatable bonds is 0. The highest BCUT2D eigenvalue weighted by Gasteiger charge is 2.11. The molecule has 0 spiro atoms. The second kappa shape index (κ2) is 3.16. The van der Waals surface area contributed by atoms with E-state index in [2.05, 4.69) is 41.0 Å². The molecular weight excluding hydrogens is 214 g/mol. The number of hydrogen-bond donors (Lipinski definition) is 1. The molecule has 1 aromatic carbocycles. The first-order chi connectivity index (χ1) is 8.06. The van der Waals surface area contributed by atoms with Gasteiger partial charge in [0.15, 0.2) is 5.65 Å². The number of benzene rings is 1. The summed E-state index contributed by atoms with van der Waals surface area (Å²) in [6.07, 6.45) is 0. The Morgan fingerprint density at radius 2 is 1.88 bits per heavy atom. The smallest absolute Gasteiger partial charge is 0.240 e. The van der Waals surface area contributed by atoms with Crippen molar-refractivity contribution in [1.29, 1.82) is 0 Å². The Labute approximate surface area is 98.3 Å². The molecule has 2 N–H and O–H groups in total. The van der Waals surface area contributed by atoms with Crippen LogP contribution in [-0.4, -0.2) is 19.6 Å². The standard InChI is InChI=1S/C12H13N5/c1-6-4-7(2)10-9(5-6)14-8(3)17-11(10)15-12(13)16-17/h4-5H,1-3H3,(H2,13,16). The molecule has 0 radical (unpaired) electrons. The van der Waals surface area contributed by atoms with E-state index in [9.17, 15) is 0 Å². The number of hydrogen-bond acceptors (Lipinski definition) is 4. The lowest BCUT2D eigenvalue weighted by Gasteiger charge is -2.06. The zero-order valence-corrected chi connectivity index (χ0v) is 10.0. The Morgan fingerprint density at radius 1 is 1.12 bits per heavy atom. The van der Waals surface area contributed by atoms with E-state index in [0.29, 0.717) is 0 Å². The average molecular weight is 227 g/mol. The summed E-state index contributed by atoms with van der Waals surface area (Å²) in [5, 5.41) is 5.17. The van der Waals surface area contributed by atoms with Gasteiger partial charge in [-0.05, 0) is 38.0 Å². The minimum absolute atomic E-state index is 0.280. The third-order valence-electron chi connectivity index (χ3n) is 2.89. The molecule has 0 aliphatic carbocycles. The van der Waals surface area contributed by atoms with Crippen molar-refractivity contribution in [3.63, 3.8) is 0 Å². The molecule has 2 heterocycles. The van der Waals surface area contributed by atoms with Gasteiger partial charge in [-0.3, -0.25) is 0 Å². The van der Waals surface area contributed by atoms with E-state index in [1.54, 1.807) is 4.52 Å². The quantitative estimate of drug-likeness (QED) is 0.635. The van der Waals surface area contributed by atoms with Gasteiger partial charge in [-0.1, -0.05) is 6.07 Å². The second-order valence-corrected chi connectivity index (χ2v) is 4.34. The molecule has 0 atom stereocenters. The molecule has 0 unspecified atom stereocenters. The minimum Gasteiger partial charge on any atom is -0.366 e. The normalized spacial score (nSPS) is 11.5. The van der Waals surface area contributed by atoms with Gasteiger partial charge in [-0.15, -0.1) is 5.10 Å². The van der Waals surface area contributed by atoms with Crippen LogP contribution < -0.4 is 5.73 Å². The van der Waals surface area contributed by atoms with Gasteiger partial charge in [0.05, 0.1) is 5.52 Å². The number of aromatic nitrogens is 4. The lowest BCUT2D eigenvalue weighted by Crippen LogP contribution is -2.00. The maximum Gasteiger partial charge on any atom is 0.240 e. The van der Waals surface area contributed by atoms with E-state index in [4.69, 9.17) is 5.73 Å². The van der Waals surface area contributed by atoms with Gasteiger partial charge < -0.3 is 5.73 Å². The lowest BCUT2D eigenvalue weighted by atomic mass is 10.1. The molecule has 0 fully saturated rings. The van der Waals surface area contributed by atoms with Crippen molar-refractivity contribution >= 4 is 22.5 Å². The number of nitrogen functional groups attached to an aromatic ring is 1. The van der Waals surface area contributed by atoms with Crippen molar-refractivity contribution < 1.29 is 0 Å². The Balaban J connectivity index is 2.62. The molecule has 0 aliphatic heterocycles. The molecule has 3 rings (SSSR count). The molecule has 86 valence electrons. The summed E-state index contributed by atoms with van der Waals surface area (Å²) in [5.74, 6) is 1.07. The molecule has 17 heavy (non-hydrogen) atoms. The first-order valence-corrected chi connectivity index (χ1v) is 5.46. The summed E-state index contributed by atoms with van der Waals surface area (Å²) in [6.45, 7) is 6.02. The van der Waals surface area contributed by atoms with Gasteiger partial charge in [0.25, 0.3) is 0 Å². The van der Waals surface area contributed by atoms with Crippen LogP contribution in [0.15, 0.2) is 12.1 Å². The monoisotopic (exact) mass is 227 g/mol. The summed E-state index contributed by atoms with van der Waals surface area (Å²) < 4.78 is 1.69. The molecule has 2 aromatic heterocycles. The van der Waals surface area contributed by atoms with Gasteiger partial charge in [0.2, 0.25) is 5.95 Å². The van der Waals surface area contributed by atoms with Crippen molar-refractivity contribution in [2.24, 2.45) is 0 Å². The summed E-state index contributed by atoms with van der Waals surface area (Å²) in [6, 6.07) is 4.17. The van der Waals surface area contributed by atoms with E-state index in [0.717, 1.165) is 27.9 Å². The lowest BCUT2D eigenvalue weighted by molar-refractivity contribution is 0.880. The average Bonchev–Trinajstić information content (AvgIpc) is 2.58. The van der Waals surface area contributed by atoms with E-state index in [1.165, 1.54) is 5.56 Å². The van der Waals surface area contributed by atoms with E-state index in [-0.39, 0.29) is 5.95 Å². The highest BCUT2D eigenvalue weighted by molar-refractivity contribution is 5.94. The molecule has 0 bridgehead atoms. The van der Waals surface area contributed by atoms with Crippen LogP contribution in [0.25, 0.3) is 16.6 Å². The van der Waals surface area contributed by atoms with E-state index >= 15 is 0 Å². The third kappa shape index (κ3) is 1.35. The molecule has 0 saturated heterocycles. The van der Waals surface area contributed by atoms with Gasteiger partial charge in [-0.2, -0.15) is 9.50 Å². The van der Waals surface area contributed by atoms with Crippen LogP contribution in [0.4, 0.5) is 5.95 Å². The molecule has 3 aromatic rings. The summed E-state index contributed by atoms with van der Waals surface area (Å²) in [4.78, 5) is 8.83. The third-order valence-corrected chi connectivity index (χ3v) is 2.89. The fraction of sp³-hybridized carbons (Fsp3) is 0.250. The van der Waals surface area contributed by atoms with Crippen molar-refractivity contribution in [2.75, 3.05) is 5.73 Å². The molecule has 0 saturated carbocycles. The molecule has 5 heteroatoms. The van der Waals surface area contributed by atoms with Crippen molar-refractivity contribution in [2.45, 2.75) is 20.8 Å². The maximum absolute atomic E-state index is 5.66. The Bertz CT molecular complexity index is 742. The maximum atomic E-state index is 5.66. The van der Waals surface area contributed by atoms with Crippen LogP contribution in [0.2, 0.25) is 0 Å². The molecule has 0 amide bonds. The highest BCUT2D eigenvalue weighted by atomic mass is 15.3. The van der Waals surface area contributed by atoms with Gasteiger partial charge in [0.1, 0.15) is 5.82 Å². The molecule has 5 nitrogen and oxygen atoms in total. The van der Waals surface area contributed by atoms with Crippen LogP contribution in [0, 0.1) is 20.8 Å². The Kier molecular flexibility index (Phi) is 1.86. The largest absolute Gasteiger partial charge is 0.366 e. The number of fused-ring (bicyclic) bond motifs is 3. The topological polar surface area (TPSA) is 69.1 Å². The zero-order chi connectivity index (χ0) is 12.2. The van der Waals surface area contributed by atoms with Gasteiger partial charge in [0, 0.05) is 5.39 Å². The summed E-state index contributed by atoms with van der Waals surface area (Å²) in [7, 11) is 0. The molecular formula is C12H13N5. The zero-order valence-electron chi connectivity index (χ0n) is 10.0. The van der Waals surface area contributed by atoms with Crippen LogP contribution in [0.3, 0.4) is 0 Å². The first-order valence-electron chi connectivity index (χ1n) is 5.46. The van der Waals surface area contributed by atoms with Crippen LogP contribution >= 0.6 is 0 Å². The first kappa shape index (κ1) is 10.0. The fourth-order valence-corrected chi connectivity index (χ4v) is 2.26. The number of aryl methyl sites for hydroxylation is 3. The van der Waals surface area contributed by atoms with Gasteiger partial charge >= 0.3 is 0 Å². The second-order valence-electron chi connectivity index (χ2n) is 4.34. The van der Waals surface area contributed by atoms with Crippen molar-refractivity contribution in [3.05, 3.63) is 29.1 Å². The minimum atomic E-state index is 0.280. The van der Waals surface area contributed by atoms with E-state index in [1.807, 2.05) is 6.92 Å². The van der Waals surface area contributed by atoms with Crippen LogP contribution in [0.5, 0.6) is 0 Å². The van der Waals surface area contributed by atoms with Crippen LogP contribution in [-0.2, 0) is 0 Å². The number of nitrogens with two attached hydrogens (primary N) is 1. The Morgan fingerprint density at radius 3 is 2.65 bits per heavy atom. The number of nitrogens with zero attached hydrogens (tertiary/aromatic N) is 4. The SMILES string of the molecule is Cc1cc(C)c2c(c1)nc(C)n1nc(N)nc21. The number of anilines is 1. The van der Waals surface area contributed by atoms with Crippen LogP contribution in [0.1, 0.15) is 17.0 Å². The van der Waals surface area contributed by atoms with Crippen molar-refractivity contribution in [3.8, 4) is 0 Å². The van der Waals surface area contributed by atoms with E-state index < -0.39 is 0 Å².